The number of rotatable bonds is 7. The Bertz CT molecular complexity index is 396. The summed E-state index contributed by atoms with van der Waals surface area (Å²) in [6.45, 7) is -0.498. The van der Waals surface area contributed by atoms with Crippen LogP contribution in [0.15, 0.2) is 18.2 Å². The standard InChI is InChI=1S/C12H16F3NO3/c1-18-11-6-9(2-3-10(11)17)7-16-4-5-19-8-12(13,14)15/h2-3,6,16-17H,4-5,7-8H2,1H3. The molecule has 1 aromatic carbocycles. The quantitative estimate of drug-likeness (QED) is 0.750. The van der Waals surface area contributed by atoms with Crippen LogP contribution in [0.3, 0.4) is 0 Å². The molecule has 0 heterocycles. The fourth-order valence-electron chi connectivity index (χ4n) is 1.40. The van der Waals surface area contributed by atoms with Gasteiger partial charge in [0.15, 0.2) is 11.5 Å². The summed E-state index contributed by atoms with van der Waals surface area (Å²) < 4.78 is 44.7. The van der Waals surface area contributed by atoms with E-state index in [0.29, 0.717) is 18.8 Å². The Balaban J connectivity index is 2.23. The first-order chi connectivity index (χ1) is 8.92. The molecular weight excluding hydrogens is 263 g/mol. The highest BCUT2D eigenvalue weighted by Crippen LogP contribution is 2.26. The maximum Gasteiger partial charge on any atom is 0.411 e. The average molecular weight is 279 g/mol. The third kappa shape index (κ3) is 6.30. The zero-order chi connectivity index (χ0) is 14.3. The zero-order valence-electron chi connectivity index (χ0n) is 10.5. The lowest BCUT2D eigenvalue weighted by Crippen LogP contribution is -2.23. The number of halogens is 3. The van der Waals surface area contributed by atoms with Crippen LogP contribution >= 0.6 is 0 Å². The molecule has 0 aliphatic heterocycles. The maximum absolute atomic E-state index is 11.8. The Morgan fingerprint density at radius 2 is 2.05 bits per heavy atom. The molecule has 19 heavy (non-hydrogen) atoms. The highest BCUT2D eigenvalue weighted by atomic mass is 19.4. The SMILES string of the molecule is COc1cc(CNCCOCC(F)(F)F)ccc1O. The Kier molecular flexibility index (Phi) is 5.91. The molecule has 0 saturated heterocycles. The second kappa shape index (κ2) is 7.20. The summed E-state index contributed by atoms with van der Waals surface area (Å²) in [6.07, 6.45) is -4.29. The van der Waals surface area contributed by atoms with Gasteiger partial charge >= 0.3 is 6.18 Å². The van der Waals surface area contributed by atoms with Crippen molar-refractivity contribution >= 4 is 0 Å². The first kappa shape index (κ1) is 15.6. The summed E-state index contributed by atoms with van der Waals surface area (Å²) >= 11 is 0. The average Bonchev–Trinajstić information content (AvgIpc) is 2.34. The summed E-state index contributed by atoms with van der Waals surface area (Å²) in [5.74, 6) is 0.396. The van der Waals surface area contributed by atoms with Crippen LogP contribution in [0.4, 0.5) is 13.2 Å². The van der Waals surface area contributed by atoms with E-state index in [9.17, 15) is 18.3 Å². The third-order valence-electron chi connectivity index (χ3n) is 2.26. The molecule has 0 radical (unpaired) electrons. The number of hydrogen-bond acceptors (Lipinski definition) is 4. The molecule has 108 valence electrons. The summed E-state index contributed by atoms with van der Waals surface area (Å²) in [4.78, 5) is 0. The van der Waals surface area contributed by atoms with Gasteiger partial charge < -0.3 is 19.9 Å². The topological polar surface area (TPSA) is 50.7 Å². The van der Waals surface area contributed by atoms with Crippen molar-refractivity contribution in [3.8, 4) is 11.5 Å². The van der Waals surface area contributed by atoms with Crippen molar-refractivity contribution < 1.29 is 27.8 Å². The second-order valence-corrected chi connectivity index (χ2v) is 3.85. The minimum Gasteiger partial charge on any atom is -0.504 e. The van der Waals surface area contributed by atoms with Crippen LogP contribution < -0.4 is 10.1 Å². The van der Waals surface area contributed by atoms with Crippen LogP contribution in [0.2, 0.25) is 0 Å². The minimum atomic E-state index is -4.29. The first-order valence-electron chi connectivity index (χ1n) is 5.63. The number of methoxy groups -OCH3 is 1. The molecule has 0 saturated carbocycles. The Morgan fingerprint density at radius 1 is 1.32 bits per heavy atom. The number of aromatic hydroxyl groups is 1. The van der Waals surface area contributed by atoms with E-state index in [4.69, 9.17) is 4.74 Å². The molecule has 7 heteroatoms. The second-order valence-electron chi connectivity index (χ2n) is 3.85. The van der Waals surface area contributed by atoms with Gasteiger partial charge in [-0.2, -0.15) is 13.2 Å². The summed E-state index contributed by atoms with van der Waals surface area (Å²) in [6, 6.07) is 4.84. The zero-order valence-corrected chi connectivity index (χ0v) is 10.5. The van der Waals surface area contributed by atoms with E-state index in [0.717, 1.165) is 5.56 Å². The summed E-state index contributed by atoms with van der Waals surface area (Å²) in [7, 11) is 1.44. The Labute approximate surface area is 109 Å². The predicted octanol–water partition coefficient (Wildman–Crippen LogP) is 2.07. The van der Waals surface area contributed by atoms with E-state index >= 15 is 0 Å². The van der Waals surface area contributed by atoms with E-state index in [1.54, 1.807) is 12.1 Å². The fraction of sp³-hybridized carbons (Fsp3) is 0.500. The van der Waals surface area contributed by atoms with E-state index < -0.39 is 12.8 Å². The van der Waals surface area contributed by atoms with Gasteiger partial charge in [0.05, 0.1) is 13.7 Å². The molecule has 0 amide bonds. The van der Waals surface area contributed by atoms with Gasteiger partial charge in [0.2, 0.25) is 0 Å². The van der Waals surface area contributed by atoms with Gasteiger partial charge in [-0.15, -0.1) is 0 Å². The molecule has 1 rings (SSSR count). The van der Waals surface area contributed by atoms with Crippen LogP contribution in [0.5, 0.6) is 11.5 Å². The van der Waals surface area contributed by atoms with Gasteiger partial charge in [-0.3, -0.25) is 0 Å². The van der Waals surface area contributed by atoms with Crippen LogP contribution in [0.1, 0.15) is 5.56 Å². The van der Waals surface area contributed by atoms with Gasteiger partial charge in [-0.25, -0.2) is 0 Å². The van der Waals surface area contributed by atoms with Crippen molar-refractivity contribution in [3.05, 3.63) is 23.8 Å². The van der Waals surface area contributed by atoms with E-state index in [2.05, 4.69) is 10.1 Å². The normalized spacial score (nSPS) is 11.6. The van der Waals surface area contributed by atoms with Gasteiger partial charge in [0.25, 0.3) is 0 Å². The number of benzene rings is 1. The van der Waals surface area contributed by atoms with Crippen molar-refractivity contribution in [3.63, 3.8) is 0 Å². The highest BCUT2D eigenvalue weighted by molar-refractivity contribution is 5.41. The van der Waals surface area contributed by atoms with Crippen LogP contribution in [0.25, 0.3) is 0 Å². The number of phenols is 1. The lowest BCUT2D eigenvalue weighted by molar-refractivity contribution is -0.173. The minimum absolute atomic E-state index is 0.0191. The summed E-state index contributed by atoms with van der Waals surface area (Å²) in [5, 5.41) is 12.3. The number of ether oxygens (including phenoxy) is 2. The number of alkyl halides is 3. The van der Waals surface area contributed by atoms with Crippen molar-refractivity contribution in [1.82, 2.24) is 5.32 Å². The molecule has 0 aromatic heterocycles. The molecule has 0 aliphatic rings. The van der Waals surface area contributed by atoms with Crippen molar-refractivity contribution in [2.24, 2.45) is 0 Å². The molecule has 0 spiro atoms. The van der Waals surface area contributed by atoms with Crippen LogP contribution in [-0.2, 0) is 11.3 Å². The fourth-order valence-corrected chi connectivity index (χ4v) is 1.40. The van der Waals surface area contributed by atoms with E-state index in [1.165, 1.54) is 13.2 Å². The summed E-state index contributed by atoms with van der Waals surface area (Å²) in [5.41, 5.74) is 0.852. The van der Waals surface area contributed by atoms with Crippen molar-refractivity contribution in [2.45, 2.75) is 12.7 Å². The lowest BCUT2D eigenvalue weighted by atomic mass is 10.2. The Hall–Kier alpha value is -1.47. The largest absolute Gasteiger partial charge is 0.504 e. The molecule has 0 unspecified atom stereocenters. The molecule has 0 aliphatic carbocycles. The van der Waals surface area contributed by atoms with E-state index in [1.807, 2.05) is 0 Å². The first-order valence-corrected chi connectivity index (χ1v) is 5.63. The van der Waals surface area contributed by atoms with Gasteiger partial charge in [-0.1, -0.05) is 6.07 Å². The predicted molar refractivity (Wildman–Crippen MR) is 63.2 cm³/mol. The maximum atomic E-state index is 11.8. The molecule has 0 fully saturated rings. The monoisotopic (exact) mass is 279 g/mol. The van der Waals surface area contributed by atoms with E-state index in [-0.39, 0.29) is 12.4 Å². The van der Waals surface area contributed by atoms with Crippen molar-refractivity contribution in [1.29, 1.82) is 0 Å². The molecule has 0 bridgehead atoms. The van der Waals surface area contributed by atoms with Crippen LogP contribution in [0, 0.1) is 0 Å². The molecular formula is C12H16F3NO3. The molecule has 1 aromatic rings. The number of hydrogen-bond donors (Lipinski definition) is 2. The van der Waals surface area contributed by atoms with Crippen LogP contribution in [-0.4, -0.2) is 38.2 Å². The smallest absolute Gasteiger partial charge is 0.411 e. The lowest BCUT2D eigenvalue weighted by Gasteiger charge is -2.09. The van der Waals surface area contributed by atoms with Gasteiger partial charge in [0.1, 0.15) is 6.61 Å². The Morgan fingerprint density at radius 3 is 2.68 bits per heavy atom. The molecule has 2 N–H and O–H groups in total. The third-order valence-corrected chi connectivity index (χ3v) is 2.26. The molecule has 0 atom stereocenters. The van der Waals surface area contributed by atoms with Gasteiger partial charge in [-0.05, 0) is 17.7 Å². The van der Waals surface area contributed by atoms with Gasteiger partial charge in [0, 0.05) is 13.1 Å². The highest BCUT2D eigenvalue weighted by Gasteiger charge is 2.27. The number of nitrogens with one attached hydrogen (secondary N) is 1. The molecule has 4 nitrogen and oxygen atoms in total. The number of phenolic OH excluding ortho intramolecular Hbond substituents is 1. The van der Waals surface area contributed by atoms with Crippen molar-refractivity contribution in [2.75, 3.05) is 26.9 Å².